The van der Waals surface area contributed by atoms with Gasteiger partial charge >= 0.3 is 11.9 Å². The van der Waals surface area contributed by atoms with Gasteiger partial charge in [-0.05, 0) is 41.3 Å². The molecule has 4 aromatic rings. The summed E-state index contributed by atoms with van der Waals surface area (Å²) in [6.07, 6.45) is -4.46. The van der Waals surface area contributed by atoms with Gasteiger partial charge in [-0.15, -0.1) is 0 Å². The molecule has 0 unspecified atom stereocenters. The molecule has 0 radical (unpaired) electrons. The first-order valence-electron chi connectivity index (χ1n) is 11.3. The highest BCUT2D eigenvalue weighted by atomic mass is 19.4. The summed E-state index contributed by atoms with van der Waals surface area (Å²) < 4.78 is 56.2. The van der Waals surface area contributed by atoms with Crippen LogP contribution in [0.1, 0.15) is 30.5 Å². The molecule has 0 fully saturated rings. The van der Waals surface area contributed by atoms with Crippen molar-refractivity contribution in [3.05, 3.63) is 91.9 Å². The molecular formula is C25H25F4N5O2. The lowest BCUT2D eigenvalue weighted by Gasteiger charge is -2.12. The largest absolute Gasteiger partial charge is 0.416 e. The quantitative estimate of drug-likeness (QED) is 0.380. The van der Waals surface area contributed by atoms with Gasteiger partial charge in [0.25, 0.3) is 5.56 Å². The highest BCUT2D eigenvalue weighted by Crippen LogP contribution is 2.29. The standard InChI is InChI=1S/C25H25F4N5O2/c1-15(2)13-33-22-20(23(35)32(3)24(33)36)21(30-12-16-6-10-19(26)11-7-16)34(31-22)14-17-4-8-18(9-5-17)25(27,28)29/h4-11,15,30H,12-14H2,1-3H3. The zero-order valence-electron chi connectivity index (χ0n) is 19.9. The van der Waals surface area contributed by atoms with E-state index in [1.807, 2.05) is 13.8 Å². The SMILES string of the molecule is CC(C)Cn1c(=O)n(C)c(=O)c2c(NCc3ccc(F)cc3)n(Cc3ccc(C(F)(F)F)cc3)nc21. The third kappa shape index (κ3) is 5.05. The molecule has 190 valence electrons. The average molecular weight is 504 g/mol. The number of anilines is 1. The Kier molecular flexibility index (Phi) is 6.75. The fourth-order valence-electron chi connectivity index (χ4n) is 3.95. The van der Waals surface area contributed by atoms with Crippen LogP contribution in [0.25, 0.3) is 11.0 Å². The Hall–Kier alpha value is -3.89. The van der Waals surface area contributed by atoms with Gasteiger partial charge in [-0.1, -0.05) is 38.1 Å². The molecule has 0 amide bonds. The van der Waals surface area contributed by atoms with Crippen LogP contribution in [-0.2, 0) is 32.9 Å². The molecule has 2 heterocycles. The number of halogens is 4. The maximum absolute atomic E-state index is 13.3. The van der Waals surface area contributed by atoms with Gasteiger partial charge in [-0.25, -0.2) is 13.9 Å². The van der Waals surface area contributed by atoms with Gasteiger partial charge < -0.3 is 5.32 Å². The second-order valence-electron chi connectivity index (χ2n) is 9.03. The van der Waals surface area contributed by atoms with Gasteiger partial charge in [-0.2, -0.15) is 18.3 Å². The van der Waals surface area contributed by atoms with Crippen molar-refractivity contribution in [2.24, 2.45) is 13.0 Å². The number of hydrogen-bond donors (Lipinski definition) is 1. The molecule has 0 aliphatic heterocycles. The molecule has 11 heteroatoms. The number of aromatic nitrogens is 4. The molecular weight excluding hydrogens is 478 g/mol. The summed E-state index contributed by atoms with van der Waals surface area (Å²) in [7, 11) is 1.39. The van der Waals surface area contributed by atoms with Crippen LogP contribution in [0.4, 0.5) is 23.4 Å². The van der Waals surface area contributed by atoms with Crippen molar-refractivity contribution >= 4 is 16.9 Å². The second kappa shape index (κ2) is 9.63. The number of rotatable bonds is 7. The Morgan fingerprint density at radius 1 is 0.972 bits per heavy atom. The van der Waals surface area contributed by atoms with Crippen molar-refractivity contribution in [2.45, 2.75) is 39.7 Å². The van der Waals surface area contributed by atoms with E-state index >= 15 is 0 Å². The summed E-state index contributed by atoms with van der Waals surface area (Å²) in [5.74, 6) is 0.00883. The first-order chi connectivity index (χ1) is 17.0. The third-order valence-electron chi connectivity index (χ3n) is 5.76. The topological polar surface area (TPSA) is 73.8 Å². The van der Waals surface area contributed by atoms with E-state index in [9.17, 15) is 27.2 Å². The number of fused-ring (bicyclic) bond motifs is 1. The van der Waals surface area contributed by atoms with Crippen LogP contribution in [0.5, 0.6) is 0 Å². The van der Waals surface area contributed by atoms with E-state index in [1.165, 1.54) is 40.6 Å². The Labute approximate surface area is 203 Å². The van der Waals surface area contributed by atoms with Crippen LogP contribution in [0.2, 0.25) is 0 Å². The highest BCUT2D eigenvalue weighted by molar-refractivity contribution is 5.87. The summed E-state index contributed by atoms with van der Waals surface area (Å²) in [5, 5.41) is 7.90. The zero-order chi connectivity index (χ0) is 26.2. The van der Waals surface area contributed by atoms with E-state index in [4.69, 9.17) is 0 Å². The maximum atomic E-state index is 13.3. The minimum absolute atomic E-state index is 0.0532. The number of nitrogens with one attached hydrogen (secondary N) is 1. The fraction of sp³-hybridized carbons (Fsp3) is 0.320. The summed E-state index contributed by atoms with van der Waals surface area (Å²) in [4.78, 5) is 26.0. The van der Waals surface area contributed by atoms with Gasteiger partial charge in [-0.3, -0.25) is 13.9 Å². The molecule has 2 aromatic carbocycles. The first kappa shape index (κ1) is 25.2. The predicted octanol–water partition coefficient (Wildman–Crippen LogP) is 4.37. The van der Waals surface area contributed by atoms with E-state index < -0.39 is 23.0 Å². The molecule has 36 heavy (non-hydrogen) atoms. The van der Waals surface area contributed by atoms with Gasteiger partial charge in [0.1, 0.15) is 17.0 Å². The molecule has 0 atom stereocenters. The Morgan fingerprint density at radius 3 is 2.17 bits per heavy atom. The van der Waals surface area contributed by atoms with Gasteiger partial charge in [0, 0.05) is 20.1 Å². The van der Waals surface area contributed by atoms with Crippen molar-refractivity contribution in [1.82, 2.24) is 18.9 Å². The van der Waals surface area contributed by atoms with E-state index in [2.05, 4.69) is 10.4 Å². The first-order valence-corrected chi connectivity index (χ1v) is 11.3. The van der Waals surface area contributed by atoms with Gasteiger partial charge in [0.15, 0.2) is 5.65 Å². The van der Waals surface area contributed by atoms with Crippen LogP contribution in [0.3, 0.4) is 0 Å². The van der Waals surface area contributed by atoms with E-state index in [1.54, 1.807) is 12.1 Å². The number of alkyl halides is 3. The molecule has 0 bridgehead atoms. The molecule has 7 nitrogen and oxygen atoms in total. The average Bonchev–Trinajstić information content (AvgIpc) is 3.17. The Balaban J connectivity index is 1.84. The lowest BCUT2D eigenvalue weighted by atomic mass is 10.1. The van der Waals surface area contributed by atoms with Crippen molar-refractivity contribution in [3.63, 3.8) is 0 Å². The van der Waals surface area contributed by atoms with Crippen LogP contribution in [-0.4, -0.2) is 18.9 Å². The monoisotopic (exact) mass is 503 g/mol. The van der Waals surface area contributed by atoms with Crippen molar-refractivity contribution in [2.75, 3.05) is 5.32 Å². The minimum atomic E-state index is -4.46. The van der Waals surface area contributed by atoms with Crippen LogP contribution in [0, 0.1) is 11.7 Å². The summed E-state index contributed by atoms with van der Waals surface area (Å²) in [6.45, 7) is 4.45. The van der Waals surface area contributed by atoms with E-state index in [0.717, 1.165) is 22.3 Å². The Bertz CT molecular complexity index is 1500. The smallest absolute Gasteiger partial charge is 0.365 e. The molecule has 0 spiro atoms. The number of benzene rings is 2. The van der Waals surface area contributed by atoms with Crippen molar-refractivity contribution in [1.29, 1.82) is 0 Å². The fourth-order valence-corrected chi connectivity index (χ4v) is 3.95. The van der Waals surface area contributed by atoms with Crippen molar-refractivity contribution < 1.29 is 17.6 Å². The van der Waals surface area contributed by atoms with Crippen LogP contribution >= 0.6 is 0 Å². The van der Waals surface area contributed by atoms with Crippen LogP contribution in [0.15, 0.2) is 58.1 Å². The van der Waals surface area contributed by atoms with Gasteiger partial charge in [0.2, 0.25) is 0 Å². The third-order valence-corrected chi connectivity index (χ3v) is 5.76. The second-order valence-corrected chi connectivity index (χ2v) is 9.03. The molecule has 1 N–H and O–H groups in total. The summed E-state index contributed by atoms with van der Waals surface area (Å²) >= 11 is 0. The molecule has 4 rings (SSSR count). The lowest BCUT2D eigenvalue weighted by Crippen LogP contribution is -2.38. The van der Waals surface area contributed by atoms with Crippen molar-refractivity contribution in [3.8, 4) is 0 Å². The van der Waals surface area contributed by atoms with E-state index in [-0.39, 0.29) is 35.9 Å². The summed E-state index contributed by atoms with van der Waals surface area (Å²) in [6, 6.07) is 10.5. The summed E-state index contributed by atoms with van der Waals surface area (Å²) in [5.41, 5.74) is -0.383. The van der Waals surface area contributed by atoms with E-state index in [0.29, 0.717) is 17.9 Å². The maximum Gasteiger partial charge on any atom is 0.416 e. The number of hydrogen-bond acceptors (Lipinski definition) is 4. The normalized spacial score (nSPS) is 12.0. The zero-order valence-corrected chi connectivity index (χ0v) is 19.9. The van der Waals surface area contributed by atoms with Gasteiger partial charge in [0.05, 0.1) is 12.1 Å². The molecule has 0 aliphatic rings. The minimum Gasteiger partial charge on any atom is -0.365 e. The molecule has 0 aliphatic carbocycles. The Morgan fingerprint density at radius 2 is 1.58 bits per heavy atom. The number of nitrogens with zero attached hydrogens (tertiary/aromatic N) is 4. The molecule has 0 saturated heterocycles. The highest BCUT2D eigenvalue weighted by Gasteiger charge is 2.30. The molecule has 0 saturated carbocycles. The lowest BCUT2D eigenvalue weighted by molar-refractivity contribution is -0.137. The van der Waals surface area contributed by atoms with Crippen LogP contribution < -0.4 is 16.6 Å². The predicted molar refractivity (Wildman–Crippen MR) is 128 cm³/mol. The molecule has 2 aromatic heterocycles.